The van der Waals surface area contributed by atoms with Crippen LogP contribution in [0.4, 0.5) is 5.82 Å². The quantitative estimate of drug-likeness (QED) is 0.705. The van der Waals surface area contributed by atoms with Gasteiger partial charge in [0, 0.05) is 24.6 Å². The molecule has 3 aromatic rings. The largest absolute Gasteiger partial charge is 0.478 e. The Morgan fingerprint density at radius 1 is 1.24 bits per heavy atom. The van der Waals surface area contributed by atoms with E-state index in [4.69, 9.17) is 0 Å². The van der Waals surface area contributed by atoms with Gasteiger partial charge in [-0.1, -0.05) is 30.3 Å². The van der Waals surface area contributed by atoms with Crippen molar-refractivity contribution in [3.05, 3.63) is 59.0 Å². The Morgan fingerprint density at radius 2 is 1.97 bits per heavy atom. The molecular formula is C21H20N6O2. The summed E-state index contributed by atoms with van der Waals surface area (Å²) in [5.41, 5.74) is 1.74. The maximum atomic E-state index is 11.3. The number of aryl methyl sites for hydroxylation is 1. The molecule has 0 amide bonds. The third-order valence-corrected chi connectivity index (χ3v) is 5.26. The van der Waals surface area contributed by atoms with Gasteiger partial charge in [0.05, 0.1) is 16.8 Å². The van der Waals surface area contributed by atoms with E-state index in [2.05, 4.69) is 26.2 Å². The number of benzene rings is 1. The summed E-state index contributed by atoms with van der Waals surface area (Å²) in [6.45, 7) is 3.07. The van der Waals surface area contributed by atoms with Crippen LogP contribution in [0.5, 0.6) is 0 Å². The Balaban J connectivity index is 1.49. The SMILES string of the molecule is Cc1nc(N2CCC(c3nc(-c4ccccc4)n[nH]3)CC2)c(C#N)cc1C(=O)O. The van der Waals surface area contributed by atoms with E-state index in [0.717, 1.165) is 24.2 Å². The normalized spacial score (nSPS) is 14.6. The van der Waals surface area contributed by atoms with Crippen LogP contribution in [0.25, 0.3) is 11.4 Å². The van der Waals surface area contributed by atoms with Crippen LogP contribution < -0.4 is 4.90 Å². The van der Waals surface area contributed by atoms with Crippen LogP contribution in [0.2, 0.25) is 0 Å². The highest BCUT2D eigenvalue weighted by Gasteiger charge is 2.26. The monoisotopic (exact) mass is 388 g/mol. The summed E-state index contributed by atoms with van der Waals surface area (Å²) in [7, 11) is 0. The van der Waals surface area contributed by atoms with Crippen molar-refractivity contribution in [2.75, 3.05) is 18.0 Å². The first-order chi connectivity index (χ1) is 14.1. The number of aromatic carboxylic acids is 1. The summed E-state index contributed by atoms with van der Waals surface area (Å²) >= 11 is 0. The Hall–Kier alpha value is -3.73. The number of aromatic amines is 1. The smallest absolute Gasteiger partial charge is 0.337 e. The third-order valence-electron chi connectivity index (χ3n) is 5.26. The van der Waals surface area contributed by atoms with E-state index >= 15 is 0 Å². The van der Waals surface area contributed by atoms with Crippen molar-refractivity contribution in [1.29, 1.82) is 5.26 Å². The van der Waals surface area contributed by atoms with Crippen molar-refractivity contribution in [3.63, 3.8) is 0 Å². The lowest BCUT2D eigenvalue weighted by atomic mass is 9.95. The van der Waals surface area contributed by atoms with Crippen LogP contribution in [0.1, 0.15) is 46.2 Å². The van der Waals surface area contributed by atoms with Crippen LogP contribution >= 0.6 is 0 Å². The van der Waals surface area contributed by atoms with Crippen molar-refractivity contribution in [1.82, 2.24) is 20.2 Å². The number of H-pyrrole nitrogens is 1. The summed E-state index contributed by atoms with van der Waals surface area (Å²) < 4.78 is 0. The van der Waals surface area contributed by atoms with Crippen LogP contribution in [-0.2, 0) is 0 Å². The molecule has 0 radical (unpaired) electrons. The first-order valence-electron chi connectivity index (χ1n) is 9.44. The number of carbonyl (C=O) groups is 1. The Morgan fingerprint density at radius 3 is 2.62 bits per heavy atom. The van der Waals surface area contributed by atoms with Crippen molar-refractivity contribution < 1.29 is 9.90 Å². The molecule has 2 N–H and O–H groups in total. The standard InChI is InChI=1S/C21H20N6O2/c1-13-17(21(28)29)11-16(12-22)20(23-13)27-9-7-15(8-10-27)19-24-18(25-26-19)14-5-3-2-4-6-14/h2-6,11,15H,7-10H2,1H3,(H,28,29)(H,24,25,26). The molecule has 4 rings (SSSR count). The van der Waals surface area contributed by atoms with E-state index in [0.29, 0.717) is 30.4 Å². The average Bonchev–Trinajstić information content (AvgIpc) is 3.24. The van der Waals surface area contributed by atoms with Gasteiger partial charge in [-0.25, -0.2) is 14.8 Å². The van der Waals surface area contributed by atoms with Crippen molar-refractivity contribution in [2.24, 2.45) is 0 Å². The Bertz CT molecular complexity index is 1080. The van der Waals surface area contributed by atoms with Crippen LogP contribution in [0.15, 0.2) is 36.4 Å². The van der Waals surface area contributed by atoms with Crippen molar-refractivity contribution >= 4 is 11.8 Å². The highest BCUT2D eigenvalue weighted by molar-refractivity contribution is 5.89. The summed E-state index contributed by atoms with van der Waals surface area (Å²) in [6, 6.07) is 13.3. The fourth-order valence-corrected chi connectivity index (χ4v) is 3.67. The van der Waals surface area contributed by atoms with Gasteiger partial charge in [0.15, 0.2) is 5.82 Å². The number of pyridine rings is 1. The first-order valence-corrected chi connectivity index (χ1v) is 9.44. The molecule has 2 aromatic heterocycles. The zero-order valence-corrected chi connectivity index (χ0v) is 16.0. The molecule has 0 atom stereocenters. The summed E-state index contributed by atoms with van der Waals surface area (Å²) in [5.74, 6) is 1.29. The van der Waals surface area contributed by atoms with Crippen LogP contribution in [-0.4, -0.2) is 44.3 Å². The number of hydrogen-bond donors (Lipinski definition) is 2. The summed E-state index contributed by atoms with van der Waals surface area (Å²) in [6.07, 6.45) is 1.69. The lowest BCUT2D eigenvalue weighted by Gasteiger charge is -2.32. The van der Waals surface area contributed by atoms with Gasteiger partial charge in [-0.3, -0.25) is 5.10 Å². The van der Waals surface area contributed by atoms with Crippen LogP contribution in [0.3, 0.4) is 0 Å². The van der Waals surface area contributed by atoms with Gasteiger partial charge >= 0.3 is 5.97 Å². The zero-order valence-electron chi connectivity index (χ0n) is 16.0. The fourth-order valence-electron chi connectivity index (χ4n) is 3.67. The molecule has 8 nitrogen and oxygen atoms in total. The van der Waals surface area contributed by atoms with Gasteiger partial charge in [0.25, 0.3) is 0 Å². The highest BCUT2D eigenvalue weighted by Crippen LogP contribution is 2.31. The second-order valence-corrected chi connectivity index (χ2v) is 7.08. The molecule has 1 aliphatic rings. The van der Waals surface area contributed by atoms with Crippen molar-refractivity contribution in [3.8, 4) is 17.5 Å². The predicted molar refractivity (Wildman–Crippen MR) is 107 cm³/mol. The van der Waals surface area contributed by atoms with E-state index in [1.165, 1.54) is 6.07 Å². The molecule has 1 saturated heterocycles. The molecule has 146 valence electrons. The molecule has 1 aliphatic heterocycles. The molecule has 0 bridgehead atoms. The Labute approximate surface area is 167 Å². The van der Waals surface area contributed by atoms with E-state index in [9.17, 15) is 15.2 Å². The van der Waals surface area contributed by atoms with E-state index in [1.54, 1.807) is 6.92 Å². The average molecular weight is 388 g/mol. The predicted octanol–water partition coefficient (Wildman–Crippen LogP) is 3.13. The second kappa shape index (κ2) is 7.72. The number of piperidine rings is 1. The molecule has 0 saturated carbocycles. The molecule has 0 spiro atoms. The summed E-state index contributed by atoms with van der Waals surface area (Å²) in [5, 5.41) is 26.1. The Kier molecular flexibility index (Phi) is 4.96. The molecule has 0 aliphatic carbocycles. The van der Waals surface area contributed by atoms with Gasteiger partial charge in [-0.15, -0.1) is 0 Å². The molecule has 29 heavy (non-hydrogen) atoms. The molecular weight excluding hydrogens is 368 g/mol. The van der Waals surface area contributed by atoms with Gasteiger partial charge in [0.2, 0.25) is 0 Å². The van der Waals surface area contributed by atoms with Gasteiger partial charge in [0.1, 0.15) is 17.7 Å². The van der Waals surface area contributed by atoms with E-state index in [1.807, 2.05) is 35.2 Å². The van der Waals surface area contributed by atoms with Gasteiger partial charge in [-0.2, -0.15) is 10.4 Å². The van der Waals surface area contributed by atoms with Gasteiger partial charge < -0.3 is 10.0 Å². The molecule has 1 aromatic carbocycles. The number of anilines is 1. The number of carboxylic acid groups (broad SMARTS) is 1. The molecule has 0 unspecified atom stereocenters. The number of nitrogens with one attached hydrogen (secondary N) is 1. The van der Waals surface area contributed by atoms with E-state index < -0.39 is 5.97 Å². The maximum Gasteiger partial charge on any atom is 0.337 e. The second-order valence-electron chi connectivity index (χ2n) is 7.08. The maximum absolute atomic E-state index is 11.3. The number of nitriles is 1. The first kappa shape index (κ1) is 18.6. The third kappa shape index (κ3) is 3.67. The summed E-state index contributed by atoms with van der Waals surface area (Å²) in [4.78, 5) is 22.4. The lowest BCUT2D eigenvalue weighted by molar-refractivity contribution is 0.0695. The fraction of sp³-hybridized carbons (Fsp3) is 0.286. The minimum absolute atomic E-state index is 0.0651. The number of hydrogen-bond acceptors (Lipinski definition) is 6. The topological polar surface area (TPSA) is 119 Å². The molecule has 1 fully saturated rings. The number of aromatic nitrogens is 4. The van der Waals surface area contributed by atoms with E-state index in [-0.39, 0.29) is 17.0 Å². The lowest BCUT2D eigenvalue weighted by Crippen LogP contribution is -2.34. The molecule has 3 heterocycles. The van der Waals surface area contributed by atoms with Gasteiger partial charge in [-0.05, 0) is 25.8 Å². The molecule has 8 heteroatoms. The minimum Gasteiger partial charge on any atom is -0.478 e. The number of nitrogens with zero attached hydrogens (tertiary/aromatic N) is 5. The minimum atomic E-state index is -1.07. The van der Waals surface area contributed by atoms with Crippen molar-refractivity contribution in [2.45, 2.75) is 25.7 Å². The zero-order chi connectivity index (χ0) is 20.4. The van der Waals surface area contributed by atoms with Crippen LogP contribution in [0, 0.1) is 18.3 Å². The number of carboxylic acids is 1. The number of rotatable bonds is 4. The highest BCUT2D eigenvalue weighted by atomic mass is 16.4.